The van der Waals surface area contributed by atoms with Gasteiger partial charge in [0.1, 0.15) is 0 Å². The fraction of sp³-hybridized carbons (Fsp3) is 0.412. The topological polar surface area (TPSA) is 45.5 Å². The highest BCUT2D eigenvalue weighted by Gasteiger charge is 2.26. The fourth-order valence-corrected chi connectivity index (χ4v) is 3.12. The maximum absolute atomic E-state index is 5.92. The number of aryl methyl sites for hydroxylation is 1. The largest absolute Gasteiger partial charge is 0.352 e. The Morgan fingerprint density at radius 2 is 2.17 bits per heavy atom. The first-order chi connectivity index (χ1) is 11.2. The van der Waals surface area contributed by atoms with Crippen molar-refractivity contribution in [3.63, 3.8) is 0 Å². The second-order valence-electron chi connectivity index (χ2n) is 5.91. The van der Waals surface area contributed by atoms with Gasteiger partial charge in [0.05, 0.1) is 6.20 Å². The number of guanidine groups is 1. The molecule has 1 atom stereocenters. The summed E-state index contributed by atoms with van der Waals surface area (Å²) < 4.78 is 1.87. The predicted octanol–water partition coefficient (Wildman–Crippen LogP) is 2.64. The van der Waals surface area contributed by atoms with Gasteiger partial charge < -0.3 is 10.2 Å². The van der Waals surface area contributed by atoms with Crippen LogP contribution in [-0.4, -0.2) is 40.8 Å². The van der Waals surface area contributed by atoms with Crippen LogP contribution >= 0.6 is 11.6 Å². The van der Waals surface area contributed by atoms with Crippen LogP contribution in [0.15, 0.2) is 41.7 Å². The van der Waals surface area contributed by atoms with E-state index in [9.17, 15) is 0 Å². The van der Waals surface area contributed by atoms with E-state index in [1.54, 1.807) is 0 Å². The minimum absolute atomic E-state index is 0.526. The van der Waals surface area contributed by atoms with Crippen LogP contribution in [0.25, 0.3) is 0 Å². The summed E-state index contributed by atoms with van der Waals surface area (Å²) in [6, 6.07) is 7.89. The van der Waals surface area contributed by atoms with E-state index >= 15 is 0 Å². The molecule has 3 rings (SSSR count). The molecule has 23 heavy (non-hydrogen) atoms. The standard InChI is InChI=1S/C17H22ClN5/c1-19-17(20-9-13-3-5-16(18)6-4-13)23-8-7-14(12-23)15-10-21-22(2)11-15/h3-6,10-11,14H,7-9,12H2,1-2H3,(H,19,20). The van der Waals surface area contributed by atoms with Crippen molar-refractivity contribution in [1.29, 1.82) is 0 Å². The molecule has 2 aromatic rings. The summed E-state index contributed by atoms with van der Waals surface area (Å²) in [7, 11) is 3.80. The van der Waals surface area contributed by atoms with Crippen molar-refractivity contribution in [3.05, 3.63) is 52.8 Å². The van der Waals surface area contributed by atoms with Crippen LogP contribution in [0.2, 0.25) is 5.02 Å². The minimum atomic E-state index is 0.526. The van der Waals surface area contributed by atoms with E-state index < -0.39 is 0 Å². The van der Waals surface area contributed by atoms with E-state index in [1.807, 2.05) is 49.2 Å². The molecule has 1 N–H and O–H groups in total. The van der Waals surface area contributed by atoms with Crippen LogP contribution in [0.4, 0.5) is 0 Å². The smallest absolute Gasteiger partial charge is 0.193 e. The third-order valence-corrected chi connectivity index (χ3v) is 4.51. The average Bonchev–Trinajstić information content (AvgIpc) is 3.19. The van der Waals surface area contributed by atoms with Crippen molar-refractivity contribution in [1.82, 2.24) is 20.0 Å². The molecular formula is C17H22ClN5. The molecule has 1 saturated heterocycles. The molecule has 2 heterocycles. The zero-order chi connectivity index (χ0) is 16.2. The predicted molar refractivity (Wildman–Crippen MR) is 93.8 cm³/mol. The second-order valence-corrected chi connectivity index (χ2v) is 6.34. The Morgan fingerprint density at radius 3 is 2.83 bits per heavy atom. The van der Waals surface area contributed by atoms with Gasteiger partial charge in [-0.1, -0.05) is 23.7 Å². The van der Waals surface area contributed by atoms with E-state index in [-0.39, 0.29) is 0 Å². The van der Waals surface area contributed by atoms with Gasteiger partial charge in [0.15, 0.2) is 5.96 Å². The first kappa shape index (κ1) is 15.9. The summed E-state index contributed by atoms with van der Waals surface area (Å²) in [6.45, 7) is 2.74. The average molecular weight is 332 g/mol. The molecular weight excluding hydrogens is 310 g/mol. The lowest BCUT2D eigenvalue weighted by Crippen LogP contribution is -2.39. The molecule has 1 aliphatic rings. The molecule has 1 fully saturated rings. The number of hydrogen-bond donors (Lipinski definition) is 1. The molecule has 1 aromatic heterocycles. The van der Waals surface area contributed by atoms with Gasteiger partial charge in [0, 0.05) is 50.9 Å². The number of halogens is 1. The summed E-state index contributed by atoms with van der Waals surface area (Å²) in [4.78, 5) is 6.73. The quantitative estimate of drug-likeness (QED) is 0.694. The van der Waals surface area contributed by atoms with Crippen LogP contribution in [0.1, 0.15) is 23.5 Å². The van der Waals surface area contributed by atoms with Crippen molar-refractivity contribution < 1.29 is 0 Å². The van der Waals surface area contributed by atoms with Crippen molar-refractivity contribution in [2.45, 2.75) is 18.9 Å². The molecule has 0 saturated carbocycles. The molecule has 1 unspecified atom stereocenters. The Balaban J connectivity index is 1.58. The number of rotatable bonds is 3. The van der Waals surface area contributed by atoms with Crippen LogP contribution in [0.5, 0.6) is 0 Å². The van der Waals surface area contributed by atoms with Gasteiger partial charge in [0.2, 0.25) is 0 Å². The van der Waals surface area contributed by atoms with Crippen LogP contribution in [0, 0.1) is 0 Å². The maximum atomic E-state index is 5.92. The Hall–Kier alpha value is -2.01. The number of nitrogens with one attached hydrogen (secondary N) is 1. The van der Waals surface area contributed by atoms with Gasteiger partial charge >= 0.3 is 0 Å². The van der Waals surface area contributed by atoms with E-state index in [4.69, 9.17) is 11.6 Å². The number of aromatic nitrogens is 2. The van der Waals surface area contributed by atoms with Crippen molar-refractivity contribution in [2.75, 3.05) is 20.1 Å². The zero-order valence-electron chi connectivity index (χ0n) is 13.5. The molecule has 0 aliphatic carbocycles. The van der Waals surface area contributed by atoms with Gasteiger partial charge in [-0.2, -0.15) is 5.10 Å². The number of aliphatic imine (C=N–C) groups is 1. The molecule has 122 valence electrons. The Kier molecular flexibility index (Phi) is 4.86. The fourth-order valence-electron chi connectivity index (χ4n) is 2.99. The minimum Gasteiger partial charge on any atom is -0.352 e. The molecule has 0 amide bonds. The summed E-state index contributed by atoms with van der Waals surface area (Å²) in [5.41, 5.74) is 2.50. The summed E-state index contributed by atoms with van der Waals surface area (Å²) in [5.74, 6) is 1.48. The number of hydrogen-bond acceptors (Lipinski definition) is 2. The van der Waals surface area contributed by atoms with Gasteiger partial charge in [-0.05, 0) is 29.7 Å². The maximum Gasteiger partial charge on any atom is 0.193 e. The molecule has 0 radical (unpaired) electrons. The Labute approximate surface area is 142 Å². The summed E-state index contributed by atoms with van der Waals surface area (Å²) in [6.07, 6.45) is 5.21. The molecule has 1 aliphatic heterocycles. The van der Waals surface area contributed by atoms with E-state index in [2.05, 4.69) is 26.5 Å². The molecule has 6 heteroatoms. The highest BCUT2D eigenvalue weighted by atomic mass is 35.5. The second kappa shape index (κ2) is 7.04. The molecule has 1 aromatic carbocycles. The summed E-state index contributed by atoms with van der Waals surface area (Å²) >= 11 is 5.92. The van der Waals surface area contributed by atoms with Crippen molar-refractivity contribution >= 4 is 17.6 Å². The van der Waals surface area contributed by atoms with E-state index in [0.29, 0.717) is 5.92 Å². The first-order valence-corrected chi connectivity index (χ1v) is 8.22. The highest BCUT2D eigenvalue weighted by molar-refractivity contribution is 6.30. The number of benzene rings is 1. The van der Waals surface area contributed by atoms with Crippen molar-refractivity contribution in [3.8, 4) is 0 Å². The number of nitrogens with zero attached hydrogens (tertiary/aromatic N) is 4. The van der Waals surface area contributed by atoms with E-state index in [0.717, 1.165) is 37.0 Å². The zero-order valence-corrected chi connectivity index (χ0v) is 14.3. The molecule has 5 nitrogen and oxygen atoms in total. The lowest BCUT2D eigenvalue weighted by atomic mass is 10.0. The molecule has 0 spiro atoms. The lowest BCUT2D eigenvalue weighted by molar-refractivity contribution is 0.486. The highest BCUT2D eigenvalue weighted by Crippen LogP contribution is 2.26. The Morgan fingerprint density at radius 1 is 1.39 bits per heavy atom. The van der Waals surface area contributed by atoms with Crippen LogP contribution in [-0.2, 0) is 13.6 Å². The third kappa shape index (κ3) is 3.85. The third-order valence-electron chi connectivity index (χ3n) is 4.26. The van der Waals surface area contributed by atoms with Crippen molar-refractivity contribution in [2.24, 2.45) is 12.0 Å². The summed E-state index contributed by atoms with van der Waals surface area (Å²) in [5, 5.41) is 8.47. The number of likely N-dealkylation sites (tertiary alicyclic amines) is 1. The van der Waals surface area contributed by atoms with Gasteiger partial charge in [-0.25, -0.2) is 0 Å². The normalized spacial score (nSPS) is 18.5. The van der Waals surface area contributed by atoms with Gasteiger partial charge in [-0.3, -0.25) is 9.67 Å². The monoisotopic (exact) mass is 331 g/mol. The van der Waals surface area contributed by atoms with Crippen LogP contribution < -0.4 is 5.32 Å². The molecule has 0 bridgehead atoms. The van der Waals surface area contributed by atoms with Gasteiger partial charge in [0.25, 0.3) is 0 Å². The SMILES string of the molecule is CN=C(NCc1ccc(Cl)cc1)N1CCC(c2cnn(C)c2)C1. The lowest BCUT2D eigenvalue weighted by Gasteiger charge is -2.21. The van der Waals surface area contributed by atoms with E-state index in [1.165, 1.54) is 11.1 Å². The van der Waals surface area contributed by atoms with Gasteiger partial charge in [-0.15, -0.1) is 0 Å². The Bertz CT molecular complexity index is 677. The first-order valence-electron chi connectivity index (χ1n) is 7.84. The van der Waals surface area contributed by atoms with Crippen LogP contribution in [0.3, 0.4) is 0 Å².